The van der Waals surface area contributed by atoms with Crippen molar-refractivity contribution in [2.24, 2.45) is 0 Å². The smallest absolute Gasteiger partial charge is 0.288 e. The van der Waals surface area contributed by atoms with E-state index in [1.54, 1.807) is 36.4 Å². The summed E-state index contributed by atoms with van der Waals surface area (Å²) in [5.74, 6) is -3.00. The first-order valence-electron chi connectivity index (χ1n) is 5.67. The molecule has 0 aliphatic heterocycles. The number of rotatable bonds is 4. The van der Waals surface area contributed by atoms with Gasteiger partial charge in [0.25, 0.3) is 11.7 Å². The molecule has 0 aliphatic rings. The second-order valence-electron chi connectivity index (χ2n) is 3.84. The van der Waals surface area contributed by atoms with Gasteiger partial charge in [-0.05, 0) is 36.4 Å². The molecule has 2 rings (SSSR count). The van der Waals surface area contributed by atoms with E-state index < -0.39 is 11.7 Å². The molecule has 2 nitrogen and oxygen atoms in total. The molecule has 0 saturated carbocycles. The zero-order valence-corrected chi connectivity index (χ0v) is 11.7. The van der Waals surface area contributed by atoms with Gasteiger partial charge < -0.3 is 5.32 Å². The van der Waals surface area contributed by atoms with Crippen molar-refractivity contribution in [1.82, 2.24) is 0 Å². The van der Waals surface area contributed by atoms with Crippen LogP contribution in [0.15, 0.2) is 53.4 Å². The second kappa shape index (κ2) is 6.72. The zero-order valence-electron chi connectivity index (χ0n) is 10.1. The van der Waals surface area contributed by atoms with Crippen LogP contribution in [0.5, 0.6) is 0 Å². The van der Waals surface area contributed by atoms with Crippen LogP contribution in [0.25, 0.3) is 0 Å². The zero-order chi connectivity index (χ0) is 14.5. The summed E-state index contributed by atoms with van der Waals surface area (Å²) >= 11 is 6.10. The lowest BCUT2D eigenvalue weighted by molar-refractivity contribution is 0.102. The Morgan fingerprint density at radius 1 is 1.10 bits per heavy atom. The number of anilines is 1. The van der Waals surface area contributed by atoms with Gasteiger partial charge in [0.05, 0.1) is 5.56 Å². The SMILES string of the molecule is O=C(Nc1ccc(Cl)cc1)c1ccccc1SC(F)F. The molecule has 2 aromatic rings. The summed E-state index contributed by atoms with van der Waals surface area (Å²) in [6.07, 6.45) is 0. The number of amides is 1. The summed E-state index contributed by atoms with van der Waals surface area (Å²) in [4.78, 5) is 12.3. The maximum absolute atomic E-state index is 12.5. The second-order valence-corrected chi connectivity index (χ2v) is 5.30. The van der Waals surface area contributed by atoms with Gasteiger partial charge in [0, 0.05) is 15.6 Å². The van der Waals surface area contributed by atoms with Crippen LogP contribution in [-0.4, -0.2) is 11.7 Å². The quantitative estimate of drug-likeness (QED) is 0.813. The molecule has 1 N–H and O–H groups in total. The molecule has 0 fully saturated rings. The first-order chi connectivity index (χ1) is 9.56. The third-order valence-corrected chi connectivity index (χ3v) is 3.49. The minimum Gasteiger partial charge on any atom is -0.322 e. The third kappa shape index (κ3) is 3.95. The van der Waals surface area contributed by atoms with Gasteiger partial charge in [-0.25, -0.2) is 0 Å². The summed E-state index contributed by atoms with van der Waals surface area (Å²) in [6.45, 7) is 0. The van der Waals surface area contributed by atoms with Gasteiger partial charge in [0.1, 0.15) is 0 Å². The van der Waals surface area contributed by atoms with E-state index in [1.807, 2.05) is 0 Å². The van der Waals surface area contributed by atoms with Crippen LogP contribution in [0.4, 0.5) is 14.5 Å². The van der Waals surface area contributed by atoms with Gasteiger partial charge >= 0.3 is 0 Å². The van der Waals surface area contributed by atoms with Crippen LogP contribution >= 0.6 is 23.4 Å². The van der Waals surface area contributed by atoms with E-state index in [0.29, 0.717) is 22.5 Å². The van der Waals surface area contributed by atoms with Crippen molar-refractivity contribution in [2.75, 3.05) is 5.32 Å². The minimum atomic E-state index is -2.57. The van der Waals surface area contributed by atoms with Gasteiger partial charge in [-0.2, -0.15) is 8.78 Å². The van der Waals surface area contributed by atoms with Crippen molar-refractivity contribution in [3.05, 3.63) is 59.1 Å². The Morgan fingerprint density at radius 3 is 2.40 bits per heavy atom. The Bertz CT molecular complexity index is 604. The third-order valence-electron chi connectivity index (χ3n) is 2.45. The number of nitrogens with one attached hydrogen (secondary N) is 1. The number of hydrogen-bond acceptors (Lipinski definition) is 2. The van der Waals surface area contributed by atoms with E-state index in [4.69, 9.17) is 11.6 Å². The highest BCUT2D eigenvalue weighted by molar-refractivity contribution is 7.99. The summed E-state index contributed by atoms with van der Waals surface area (Å²) in [5, 5.41) is 3.20. The Labute approximate surface area is 124 Å². The lowest BCUT2D eigenvalue weighted by atomic mass is 10.2. The van der Waals surface area contributed by atoms with Crippen LogP contribution in [-0.2, 0) is 0 Å². The predicted molar refractivity (Wildman–Crippen MR) is 77.7 cm³/mol. The molecule has 2 aromatic carbocycles. The summed E-state index contributed by atoms with van der Waals surface area (Å²) < 4.78 is 24.9. The molecule has 0 aliphatic carbocycles. The van der Waals surface area contributed by atoms with Crippen LogP contribution < -0.4 is 5.32 Å². The molecule has 0 atom stereocenters. The molecule has 0 aromatic heterocycles. The standard InChI is InChI=1S/C14H10ClF2NOS/c15-9-5-7-10(8-6-9)18-13(19)11-3-1-2-4-12(11)20-14(16)17/h1-8,14H,(H,18,19). The molecule has 0 heterocycles. The Morgan fingerprint density at radius 2 is 1.75 bits per heavy atom. The van der Waals surface area contributed by atoms with E-state index in [-0.39, 0.29) is 10.5 Å². The van der Waals surface area contributed by atoms with Crippen molar-refractivity contribution in [2.45, 2.75) is 10.7 Å². The normalized spacial score (nSPS) is 10.6. The molecule has 1 amide bonds. The largest absolute Gasteiger partial charge is 0.322 e. The van der Waals surface area contributed by atoms with Gasteiger partial charge in [0.2, 0.25) is 0 Å². The van der Waals surface area contributed by atoms with E-state index >= 15 is 0 Å². The Balaban J connectivity index is 2.18. The molecule has 104 valence electrons. The monoisotopic (exact) mass is 313 g/mol. The lowest BCUT2D eigenvalue weighted by Gasteiger charge is -2.09. The number of carbonyl (C=O) groups is 1. The molecule has 0 spiro atoms. The molecule has 20 heavy (non-hydrogen) atoms. The van der Waals surface area contributed by atoms with E-state index in [1.165, 1.54) is 12.1 Å². The van der Waals surface area contributed by atoms with E-state index in [9.17, 15) is 13.6 Å². The average Bonchev–Trinajstić information content (AvgIpc) is 2.41. The van der Waals surface area contributed by atoms with Gasteiger partial charge in [0.15, 0.2) is 0 Å². The highest BCUT2D eigenvalue weighted by atomic mass is 35.5. The van der Waals surface area contributed by atoms with Gasteiger partial charge in [-0.15, -0.1) is 0 Å². The van der Waals surface area contributed by atoms with Crippen LogP contribution in [0.3, 0.4) is 0 Å². The fourth-order valence-corrected chi connectivity index (χ4v) is 2.35. The maximum atomic E-state index is 12.5. The van der Waals surface area contributed by atoms with Gasteiger partial charge in [-0.1, -0.05) is 35.5 Å². The fraction of sp³-hybridized carbons (Fsp3) is 0.0714. The van der Waals surface area contributed by atoms with Crippen molar-refractivity contribution in [3.63, 3.8) is 0 Å². The molecular formula is C14H10ClF2NOS. The first kappa shape index (κ1) is 14.8. The number of thioether (sulfide) groups is 1. The number of halogens is 3. The van der Waals surface area contributed by atoms with E-state index in [2.05, 4.69) is 5.32 Å². The number of alkyl halides is 2. The number of benzene rings is 2. The molecular weight excluding hydrogens is 304 g/mol. The predicted octanol–water partition coefficient (Wildman–Crippen LogP) is 4.91. The highest BCUT2D eigenvalue weighted by Crippen LogP contribution is 2.28. The fourth-order valence-electron chi connectivity index (χ4n) is 1.58. The summed E-state index contributed by atoms with van der Waals surface area (Å²) in [5.41, 5.74) is 0.768. The summed E-state index contributed by atoms with van der Waals surface area (Å²) in [6, 6.07) is 12.8. The van der Waals surface area contributed by atoms with E-state index in [0.717, 1.165) is 0 Å². The van der Waals surface area contributed by atoms with Crippen molar-refractivity contribution >= 4 is 35.0 Å². The first-order valence-corrected chi connectivity index (χ1v) is 6.93. The van der Waals surface area contributed by atoms with Crippen LogP contribution in [0.2, 0.25) is 5.02 Å². The van der Waals surface area contributed by atoms with Crippen LogP contribution in [0, 0.1) is 0 Å². The average molecular weight is 314 g/mol. The molecule has 0 unspecified atom stereocenters. The van der Waals surface area contributed by atoms with Crippen LogP contribution in [0.1, 0.15) is 10.4 Å². The number of hydrogen-bond donors (Lipinski definition) is 1. The number of carbonyl (C=O) groups excluding carboxylic acids is 1. The van der Waals surface area contributed by atoms with Crippen molar-refractivity contribution in [1.29, 1.82) is 0 Å². The molecule has 0 bridgehead atoms. The lowest BCUT2D eigenvalue weighted by Crippen LogP contribution is -2.13. The van der Waals surface area contributed by atoms with Crippen molar-refractivity contribution < 1.29 is 13.6 Å². The Hall–Kier alpha value is -1.59. The summed E-state index contributed by atoms with van der Waals surface area (Å²) in [7, 11) is 0. The maximum Gasteiger partial charge on any atom is 0.288 e. The molecule has 0 radical (unpaired) electrons. The Kier molecular flexibility index (Phi) is 4.98. The van der Waals surface area contributed by atoms with Crippen molar-refractivity contribution in [3.8, 4) is 0 Å². The topological polar surface area (TPSA) is 29.1 Å². The highest BCUT2D eigenvalue weighted by Gasteiger charge is 2.15. The molecule has 6 heteroatoms. The molecule has 0 saturated heterocycles. The minimum absolute atomic E-state index is 0.216. The van der Waals surface area contributed by atoms with Gasteiger partial charge in [-0.3, -0.25) is 4.79 Å².